The Hall–Kier alpha value is -4.72. The van der Waals surface area contributed by atoms with Crippen LogP contribution in [0.15, 0.2) is 103 Å². The molecular formula is C35H31N3O4. The number of ether oxygens (including phenoxy) is 2. The number of aliphatic hydroxyl groups excluding tert-OH is 1. The Morgan fingerprint density at radius 1 is 0.952 bits per heavy atom. The Bertz CT molecular complexity index is 1760. The Balaban J connectivity index is 1.11. The molecule has 0 radical (unpaired) electrons. The molecule has 3 N–H and O–H groups in total. The minimum Gasteiger partial charge on any atom is -0.459 e. The predicted octanol–water partition coefficient (Wildman–Crippen LogP) is 5.87. The van der Waals surface area contributed by atoms with Gasteiger partial charge in [0.1, 0.15) is 5.82 Å². The third-order valence-electron chi connectivity index (χ3n) is 8.02. The number of hydrogen-bond acceptors (Lipinski definition) is 5. The second kappa shape index (κ2) is 11.3. The standard InChI is InChI=1S/C35H31N3O4/c39-20-22-9-11-23(12-10-22)21-41-34-18-26(24-13-14-29-27(15-24)16-25-5-1-2-6-28(25)29)17-32(42-34)35(40)36-19-33-37-30-7-3-4-8-31(30)38-33/h1-15,17,26,34,39H,16,18-21H2,(H,36,40)(H,37,38)/t26-,34+/m0/s1. The van der Waals surface area contributed by atoms with E-state index in [9.17, 15) is 9.90 Å². The molecule has 1 amide bonds. The molecule has 0 saturated heterocycles. The molecule has 1 aromatic heterocycles. The molecule has 0 saturated carbocycles. The van der Waals surface area contributed by atoms with Crippen molar-refractivity contribution in [3.05, 3.63) is 136 Å². The monoisotopic (exact) mass is 557 g/mol. The molecule has 1 aliphatic carbocycles. The number of aliphatic hydroxyl groups is 1. The molecule has 2 heterocycles. The topological polar surface area (TPSA) is 96.5 Å². The lowest BCUT2D eigenvalue weighted by Gasteiger charge is -2.29. The number of aromatic nitrogens is 2. The number of benzene rings is 4. The van der Waals surface area contributed by atoms with Crippen molar-refractivity contribution >= 4 is 16.9 Å². The van der Waals surface area contributed by atoms with Gasteiger partial charge in [-0.05, 0) is 63.6 Å². The van der Waals surface area contributed by atoms with E-state index in [1.165, 1.54) is 22.3 Å². The summed E-state index contributed by atoms with van der Waals surface area (Å²) in [6, 6.07) is 30.5. The first kappa shape index (κ1) is 26.2. The van der Waals surface area contributed by atoms with Crippen molar-refractivity contribution < 1.29 is 19.4 Å². The normalized spacial score (nSPS) is 17.3. The lowest BCUT2D eigenvalue weighted by molar-refractivity contribution is -0.150. The highest BCUT2D eigenvalue weighted by Crippen LogP contribution is 2.40. The average Bonchev–Trinajstić information content (AvgIpc) is 3.63. The second-order valence-electron chi connectivity index (χ2n) is 10.8. The zero-order valence-corrected chi connectivity index (χ0v) is 23.0. The largest absolute Gasteiger partial charge is 0.459 e. The Morgan fingerprint density at radius 2 is 1.74 bits per heavy atom. The minimum atomic E-state index is -0.602. The van der Waals surface area contributed by atoms with Crippen LogP contribution in [0.2, 0.25) is 0 Å². The number of carbonyl (C=O) groups is 1. The molecule has 0 fully saturated rings. The first-order chi connectivity index (χ1) is 20.6. The zero-order chi connectivity index (χ0) is 28.5. The van der Waals surface area contributed by atoms with Crippen LogP contribution in [-0.2, 0) is 40.4 Å². The van der Waals surface area contributed by atoms with Crippen LogP contribution >= 0.6 is 0 Å². The summed E-state index contributed by atoms with van der Waals surface area (Å²) in [6.07, 6.45) is 2.80. The van der Waals surface area contributed by atoms with Crippen molar-refractivity contribution in [1.29, 1.82) is 0 Å². The second-order valence-corrected chi connectivity index (χ2v) is 10.8. The zero-order valence-electron chi connectivity index (χ0n) is 23.0. The van der Waals surface area contributed by atoms with Crippen LogP contribution in [0.5, 0.6) is 0 Å². The summed E-state index contributed by atoms with van der Waals surface area (Å²) in [5.41, 5.74) is 9.92. The number of imidazole rings is 1. The highest BCUT2D eigenvalue weighted by Gasteiger charge is 2.30. The fourth-order valence-electron chi connectivity index (χ4n) is 5.82. The van der Waals surface area contributed by atoms with Crippen molar-refractivity contribution in [1.82, 2.24) is 15.3 Å². The summed E-state index contributed by atoms with van der Waals surface area (Å²) in [5.74, 6) is 0.553. The summed E-state index contributed by atoms with van der Waals surface area (Å²) in [5, 5.41) is 12.3. The van der Waals surface area contributed by atoms with Gasteiger partial charge in [0.15, 0.2) is 5.76 Å². The van der Waals surface area contributed by atoms with Gasteiger partial charge in [-0.2, -0.15) is 0 Å². The maximum absolute atomic E-state index is 13.4. The van der Waals surface area contributed by atoms with E-state index in [1.54, 1.807) is 0 Å². The molecule has 1 aliphatic heterocycles. The first-order valence-corrected chi connectivity index (χ1v) is 14.2. The molecule has 42 heavy (non-hydrogen) atoms. The third-order valence-corrected chi connectivity index (χ3v) is 8.02. The number of nitrogens with one attached hydrogen (secondary N) is 2. The van der Waals surface area contributed by atoms with Crippen LogP contribution in [0.3, 0.4) is 0 Å². The van der Waals surface area contributed by atoms with Gasteiger partial charge < -0.3 is 24.9 Å². The van der Waals surface area contributed by atoms with E-state index in [2.05, 4.69) is 57.7 Å². The first-order valence-electron chi connectivity index (χ1n) is 14.2. The number of H-pyrrole nitrogens is 1. The van der Waals surface area contributed by atoms with E-state index in [1.807, 2.05) is 54.6 Å². The van der Waals surface area contributed by atoms with Crippen LogP contribution < -0.4 is 5.32 Å². The SMILES string of the molecule is O=C(NCc1nc2ccccc2[nH]1)C1=C[C@H](c2ccc3c(c2)Cc2ccccc2-3)C[C@H](OCc2ccc(CO)cc2)O1. The van der Waals surface area contributed by atoms with Gasteiger partial charge >= 0.3 is 0 Å². The van der Waals surface area contributed by atoms with Crippen molar-refractivity contribution in [2.24, 2.45) is 0 Å². The van der Waals surface area contributed by atoms with Gasteiger partial charge in [0.05, 0.1) is 30.8 Å². The molecule has 2 aliphatic rings. The third kappa shape index (κ3) is 5.32. The summed E-state index contributed by atoms with van der Waals surface area (Å²) >= 11 is 0. The maximum atomic E-state index is 13.4. The lowest BCUT2D eigenvalue weighted by Crippen LogP contribution is -2.32. The summed E-state index contributed by atoms with van der Waals surface area (Å²) < 4.78 is 12.3. The number of hydrogen-bond donors (Lipinski definition) is 3. The van der Waals surface area contributed by atoms with Crippen molar-refractivity contribution in [3.8, 4) is 11.1 Å². The number of carbonyl (C=O) groups excluding carboxylic acids is 1. The van der Waals surface area contributed by atoms with Gasteiger partial charge in [-0.15, -0.1) is 0 Å². The van der Waals surface area contributed by atoms with E-state index < -0.39 is 6.29 Å². The minimum absolute atomic E-state index is 0.00227. The lowest BCUT2D eigenvalue weighted by atomic mass is 9.90. The van der Waals surface area contributed by atoms with Crippen molar-refractivity contribution in [3.63, 3.8) is 0 Å². The summed E-state index contributed by atoms with van der Waals surface area (Å²) in [6.45, 7) is 0.576. The van der Waals surface area contributed by atoms with Crippen LogP contribution in [0.1, 0.15) is 46.0 Å². The van der Waals surface area contributed by atoms with Crippen LogP contribution in [0.4, 0.5) is 0 Å². The van der Waals surface area contributed by atoms with E-state index >= 15 is 0 Å². The average molecular weight is 558 g/mol. The molecule has 0 spiro atoms. The number of para-hydroxylation sites is 2. The number of aromatic amines is 1. The van der Waals surface area contributed by atoms with Crippen molar-refractivity contribution in [2.45, 2.75) is 44.8 Å². The highest BCUT2D eigenvalue weighted by atomic mass is 16.7. The summed E-state index contributed by atoms with van der Waals surface area (Å²) in [7, 11) is 0. The fourth-order valence-corrected chi connectivity index (χ4v) is 5.82. The summed E-state index contributed by atoms with van der Waals surface area (Å²) in [4.78, 5) is 21.2. The van der Waals surface area contributed by atoms with Gasteiger partial charge in [0, 0.05) is 12.3 Å². The maximum Gasteiger partial charge on any atom is 0.286 e. The molecular weight excluding hydrogens is 526 g/mol. The van der Waals surface area contributed by atoms with E-state index in [0.29, 0.717) is 18.9 Å². The quantitative estimate of drug-likeness (QED) is 0.217. The molecule has 7 rings (SSSR count). The predicted molar refractivity (Wildman–Crippen MR) is 160 cm³/mol. The Kier molecular flexibility index (Phi) is 7.03. The van der Waals surface area contributed by atoms with E-state index in [4.69, 9.17) is 9.47 Å². The van der Waals surface area contributed by atoms with E-state index in [0.717, 1.165) is 34.1 Å². The molecule has 0 unspecified atom stereocenters. The molecule has 0 bridgehead atoms. The molecule has 210 valence electrons. The smallest absolute Gasteiger partial charge is 0.286 e. The van der Waals surface area contributed by atoms with Crippen LogP contribution in [0.25, 0.3) is 22.2 Å². The van der Waals surface area contributed by atoms with Gasteiger partial charge in [0.25, 0.3) is 5.91 Å². The van der Waals surface area contributed by atoms with Gasteiger partial charge in [0.2, 0.25) is 6.29 Å². The molecule has 7 nitrogen and oxygen atoms in total. The number of fused-ring (bicyclic) bond motifs is 4. The Labute approximate surface area is 243 Å². The molecule has 7 heteroatoms. The number of allylic oxidation sites excluding steroid dienone is 1. The highest BCUT2D eigenvalue weighted by molar-refractivity contribution is 5.91. The van der Waals surface area contributed by atoms with Crippen LogP contribution in [-0.4, -0.2) is 27.3 Å². The van der Waals surface area contributed by atoms with E-state index in [-0.39, 0.29) is 30.7 Å². The number of nitrogens with zero attached hydrogens (tertiary/aromatic N) is 1. The fraction of sp³-hybridized carbons (Fsp3) is 0.200. The van der Waals surface area contributed by atoms with Crippen LogP contribution in [0, 0.1) is 0 Å². The van der Waals surface area contributed by atoms with Gasteiger partial charge in [-0.3, -0.25) is 4.79 Å². The molecule has 5 aromatic rings. The number of rotatable bonds is 8. The van der Waals surface area contributed by atoms with Gasteiger partial charge in [-0.1, -0.05) is 78.9 Å². The molecule has 4 aromatic carbocycles. The Morgan fingerprint density at radius 3 is 2.60 bits per heavy atom. The molecule has 2 atom stereocenters. The van der Waals surface area contributed by atoms with Gasteiger partial charge in [-0.25, -0.2) is 4.98 Å². The van der Waals surface area contributed by atoms with Crippen molar-refractivity contribution in [2.75, 3.05) is 0 Å². The number of amides is 1.